The van der Waals surface area contributed by atoms with E-state index in [4.69, 9.17) is 10.2 Å². The molecule has 0 bridgehead atoms. The molecule has 1 aromatic rings. The first-order chi connectivity index (χ1) is 9.24. The molecule has 0 radical (unpaired) electrons. The lowest BCUT2D eigenvalue weighted by Crippen LogP contribution is -2.39. The number of hydrogen-bond acceptors (Lipinski definition) is 4. The summed E-state index contributed by atoms with van der Waals surface area (Å²) in [5, 5.41) is 20.6. The summed E-state index contributed by atoms with van der Waals surface area (Å²) in [7, 11) is 0. The highest BCUT2D eigenvalue weighted by atomic mass is 32.1. The van der Waals surface area contributed by atoms with Crippen molar-refractivity contribution in [1.29, 1.82) is 0 Å². The van der Waals surface area contributed by atoms with Crippen LogP contribution in [0.4, 0.5) is 0 Å². The summed E-state index contributed by atoms with van der Waals surface area (Å²) in [6.07, 6.45) is 7.06. The first-order valence-corrected chi connectivity index (χ1v) is 7.70. The molecular weight excluding hydrogens is 262 g/mol. The minimum Gasteiger partial charge on any atom is -0.394 e. The third-order valence-corrected chi connectivity index (χ3v) is 4.73. The maximum Gasteiger partial charge on any atom is 0.261 e. The van der Waals surface area contributed by atoms with E-state index < -0.39 is 6.04 Å². The Morgan fingerprint density at radius 2 is 1.89 bits per heavy atom. The van der Waals surface area contributed by atoms with Gasteiger partial charge in [0.05, 0.1) is 24.1 Å². The number of thiophene rings is 1. The number of carbonyl (C=O) groups is 1. The Morgan fingerprint density at radius 3 is 2.58 bits per heavy atom. The number of hydrogen-bond donors (Lipinski definition) is 3. The molecule has 5 heteroatoms. The summed E-state index contributed by atoms with van der Waals surface area (Å²) in [6, 6.07) is 1.41. The first kappa shape index (κ1) is 14.5. The largest absolute Gasteiger partial charge is 0.394 e. The van der Waals surface area contributed by atoms with Gasteiger partial charge in [-0.1, -0.05) is 12.8 Å². The predicted octanol–water partition coefficient (Wildman–Crippen LogP) is 1.49. The molecule has 0 aliphatic heterocycles. The van der Waals surface area contributed by atoms with Gasteiger partial charge in [-0.3, -0.25) is 4.79 Å². The van der Waals surface area contributed by atoms with Crippen molar-refractivity contribution < 1.29 is 15.0 Å². The lowest BCUT2D eigenvalue weighted by Gasteiger charge is -2.11. The predicted molar refractivity (Wildman–Crippen MR) is 75.6 cm³/mol. The molecule has 1 amide bonds. The quantitative estimate of drug-likeness (QED) is 0.784. The van der Waals surface area contributed by atoms with Crippen LogP contribution in [-0.2, 0) is 12.8 Å². The van der Waals surface area contributed by atoms with Crippen LogP contribution in [0.15, 0.2) is 6.07 Å². The van der Waals surface area contributed by atoms with Crippen LogP contribution in [0.3, 0.4) is 0 Å². The second kappa shape index (κ2) is 7.03. The number of nitrogens with one attached hydrogen (secondary N) is 1. The van der Waals surface area contributed by atoms with Crippen molar-refractivity contribution in [1.82, 2.24) is 5.32 Å². The van der Waals surface area contributed by atoms with Gasteiger partial charge >= 0.3 is 0 Å². The lowest BCUT2D eigenvalue weighted by molar-refractivity contribution is 0.0883. The molecular formula is C14H21NO3S. The summed E-state index contributed by atoms with van der Waals surface area (Å²) < 4.78 is 0. The van der Waals surface area contributed by atoms with E-state index in [-0.39, 0.29) is 19.1 Å². The number of fused-ring (bicyclic) bond motifs is 1. The van der Waals surface area contributed by atoms with Crippen LogP contribution in [0.25, 0.3) is 0 Å². The molecule has 0 atom stereocenters. The molecule has 19 heavy (non-hydrogen) atoms. The van der Waals surface area contributed by atoms with E-state index in [1.54, 1.807) is 11.3 Å². The zero-order chi connectivity index (χ0) is 13.7. The van der Waals surface area contributed by atoms with E-state index in [1.807, 2.05) is 6.07 Å². The normalized spacial score (nSPS) is 15.7. The molecule has 1 aliphatic rings. The van der Waals surface area contributed by atoms with Gasteiger partial charge in [0.1, 0.15) is 0 Å². The Morgan fingerprint density at radius 1 is 1.21 bits per heavy atom. The molecule has 1 aromatic heterocycles. The minimum atomic E-state index is -0.572. The zero-order valence-corrected chi connectivity index (χ0v) is 11.8. The van der Waals surface area contributed by atoms with Crippen molar-refractivity contribution in [2.24, 2.45) is 0 Å². The van der Waals surface area contributed by atoms with E-state index in [2.05, 4.69) is 5.32 Å². The Balaban J connectivity index is 2.08. The van der Waals surface area contributed by atoms with Crippen LogP contribution >= 0.6 is 11.3 Å². The molecule has 2 rings (SSSR count). The summed E-state index contributed by atoms with van der Waals surface area (Å²) in [5.74, 6) is -0.190. The van der Waals surface area contributed by atoms with Gasteiger partial charge in [-0.15, -0.1) is 11.3 Å². The molecule has 106 valence electrons. The first-order valence-electron chi connectivity index (χ1n) is 6.88. The molecule has 0 saturated carbocycles. The fourth-order valence-corrected chi connectivity index (χ4v) is 3.52. The van der Waals surface area contributed by atoms with Crippen molar-refractivity contribution in [3.8, 4) is 0 Å². The van der Waals surface area contributed by atoms with Gasteiger partial charge in [0.25, 0.3) is 5.91 Å². The van der Waals surface area contributed by atoms with Gasteiger partial charge in [-0.25, -0.2) is 0 Å². The van der Waals surface area contributed by atoms with Crippen LogP contribution < -0.4 is 5.32 Å². The topological polar surface area (TPSA) is 69.6 Å². The van der Waals surface area contributed by atoms with Crippen molar-refractivity contribution in [2.45, 2.75) is 44.6 Å². The molecule has 0 saturated heterocycles. The zero-order valence-electron chi connectivity index (χ0n) is 11.0. The molecule has 0 fully saturated rings. The summed E-state index contributed by atoms with van der Waals surface area (Å²) in [5.41, 5.74) is 1.30. The van der Waals surface area contributed by atoms with Crippen molar-refractivity contribution in [2.75, 3.05) is 13.2 Å². The second-order valence-electron chi connectivity index (χ2n) is 5.01. The summed E-state index contributed by atoms with van der Waals surface area (Å²) >= 11 is 1.55. The van der Waals surface area contributed by atoms with Gasteiger partial charge < -0.3 is 15.5 Å². The Labute approximate surface area is 117 Å². The standard InChI is InChI=1S/C14H21NO3S/c16-8-11(9-17)15-14(18)13-7-10-5-3-1-2-4-6-12(10)19-13/h7,11,16-17H,1-6,8-9H2,(H,15,18). The molecule has 1 aliphatic carbocycles. The maximum absolute atomic E-state index is 12.0. The second-order valence-corrected chi connectivity index (χ2v) is 6.15. The molecule has 1 heterocycles. The maximum atomic E-state index is 12.0. The van der Waals surface area contributed by atoms with E-state index >= 15 is 0 Å². The van der Waals surface area contributed by atoms with Crippen molar-refractivity contribution in [3.63, 3.8) is 0 Å². The number of aliphatic hydroxyl groups is 2. The van der Waals surface area contributed by atoms with Crippen LogP contribution in [0.1, 0.15) is 45.8 Å². The molecule has 3 N–H and O–H groups in total. The van der Waals surface area contributed by atoms with Gasteiger partial charge in [0.2, 0.25) is 0 Å². The Hall–Kier alpha value is -0.910. The van der Waals surface area contributed by atoms with E-state index in [0.717, 1.165) is 12.8 Å². The van der Waals surface area contributed by atoms with Crippen LogP contribution in [-0.4, -0.2) is 35.4 Å². The highest BCUT2D eigenvalue weighted by molar-refractivity contribution is 7.14. The highest BCUT2D eigenvalue weighted by Gasteiger charge is 2.18. The lowest BCUT2D eigenvalue weighted by atomic mass is 10.00. The van der Waals surface area contributed by atoms with Crippen LogP contribution in [0.5, 0.6) is 0 Å². The number of aryl methyl sites for hydroxylation is 2. The minimum absolute atomic E-state index is 0.190. The van der Waals surface area contributed by atoms with Crippen molar-refractivity contribution in [3.05, 3.63) is 21.4 Å². The molecule has 0 unspecified atom stereocenters. The molecule has 4 nitrogen and oxygen atoms in total. The number of aliphatic hydroxyl groups excluding tert-OH is 2. The number of amides is 1. The molecule has 0 spiro atoms. The number of rotatable bonds is 4. The van der Waals surface area contributed by atoms with Gasteiger partial charge in [0.15, 0.2) is 0 Å². The third kappa shape index (κ3) is 3.78. The summed E-state index contributed by atoms with van der Waals surface area (Å²) in [6.45, 7) is -0.485. The van der Waals surface area contributed by atoms with E-state index in [1.165, 1.54) is 36.1 Å². The Kier molecular flexibility index (Phi) is 5.36. The average Bonchev–Trinajstić information content (AvgIpc) is 2.78. The van der Waals surface area contributed by atoms with Crippen LogP contribution in [0, 0.1) is 0 Å². The van der Waals surface area contributed by atoms with E-state index in [9.17, 15) is 4.79 Å². The van der Waals surface area contributed by atoms with Crippen molar-refractivity contribution >= 4 is 17.2 Å². The fraction of sp³-hybridized carbons (Fsp3) is 0.643. The summed E-state index contributed by atoms with van der Waals surface area (Å²) in [4.78, 5) is 14.1. The van der Waals surface area contributed by atoms with Gasteiger partial charge in [0, 0.05) is 4.88 Å². The number of carbonyl (C=O) groups excluding carboxylic acids is 1. The monoisotopic (exact) mass is 283 g/mol. The smallest absolute Gasteiger partial charge is 0.261 e. The third-order valence-electron chi connectivity index (χ3n) is 3.50. The fourth-order valence-electron chi connectivity index (χ4n) is 2.36. The Bertz CT molecular complexity index is 401. The van der Waals surface area contributed by atoms with Gasteiger partial charge in [-0.2, -0.15) is 0 Å². The average molecular weight is 283 g/mol. The van der Waals surface area contributed by atoms with Crippen LogP contribution in [0.2, 0.25) is 0 Å². The SMILES string of the molecule is O=C(NC(CO)CO)c1cc2c(s1)CCCCCC2. The van der Waals surface area contributed by atoms with Gasteiger partial charge in [-0.05, 0) is 37.3 Å². The molecule has 0 aromatic carbocycles. The van der Waals surface area contributed by atoms with E-state index in [0.29, 0.717) is 4.88 Å². The highest BCUT2D eigenvalue weighted by Crippen LogP contribution is 2.28.